The molecule has 3 aromatic carbocycles. The second-order valence-corrected chi connectivity index (χ2v) is 11.9. The predicted octanol–water partition coefficient (Wildman–Crippen LogP) is 6.85. The SMILES string of the molecule is CC(C)(c1cc(-c2cccc(C(S)c3ccccc3Cl)c2)c2ncccc2c1)S(C)(=O)=O. The molecule has 0 fully saturated rings. The Kier molecular flexibility index (Phi) is 6.10. The van der Waals surface area contributed by atoms with Gasteiger partial charge in [-0.3, -0.25) is 4.98 Å². The van der Waals surface area contributed by atoms with Crippen molar-refractivity contribution in [2.45, 2.75) is 23.8 Å². The van der Waals surface area contributed by atoms with Crippen molar-refractivity contribution in [3.63, 3.8) is 0 Å². The molecule has 0 saturated heterocycles. The number of hydrogen-bond donors (Lipinski definition) is 1. The molecule has 4 aromatic rings. The minimum absolute atomic E-state index is 0.196. The van der Waals surface area contributed by atoms with E-state index < -0.39 is 14.6 Å². The Labute approximate surface area is 199 Å². The van der Waals surface area contributed by atoms with E-state index in [-0.39, 0.29) is 5.25 Å². The molecule has 3 nitrogen and oxygen atoms in total. The van der Waals surface area contributed by atoms with E-state index in [0.717, 1.165) is 38.7 Å². The Bertz CT molecular complexity index is 1410. The standard InChI is InChI=1S/C26H24ClNO2S2/c1-26(2,32(3,29)30)20-15-18-10-7-13-28-24(18)22(16-20)17-8-6-9-19(14-17)25(31)21-11-4-5-12-23(21)27/h4-16,25,31H,1-3H3. The van der Waals surface area contributed by atoms with Crippen LogP contribution in [0.15, 0.2) is 79.0 Å². The van der Waals surface area contributed by atoms with Gasteiger partial charge in [0.05, 0.1) is 15.5 Å². The minimum atomic E-state index is -3.33. The van der Waals surface area contributed by atoms with Gasteiger partial charge in [-0.2, -0.15) is 12.6 Å². The first-order chi connectivity index (χ1) is 15.1. The third-order valence-electron chi connectivity index (χ3n) is 6.04. The summed E-state index contributed by atoms with van der Waals surface area (Å²) in [5, 5.41) is 1.37. The second-order valence-electron chi connectivity index (χ2n) is 8.43. The smallest absolute Gasteiger partial charge is 0.156 e. The monoisotopic (exact) mass is 481 g/mol. The van der Waals surface area contributed by atoms with Crippen LogP contribution >= 0.6 is 24.2 Å². The molecule has 0 spiro atoms. The van der Waals surface area contributed by atoms with Gasteiger partial charge in [0.1, 0.15) is 0 Å². The highest BCUT2D eigenvalue weighted by Gasteiger charge is 2.33. The number of rotatable bonds is 5. The second kappa shape index (κ2) is 8.54. The molecule has 1 heterocycles. The summed E-state index contributed by atoms with van der Waals surface area (Å²) in [5.74, 6) is 0. The van der Waals surface area contributed by atoms with E-state index in [1.54, 1.807) is 20.0 Å². The Hall–Kier alpha value is -2.34. The molecule has 1 unspecified atom stereocenters. The summed E-state index contributed by atoms with van der Waals surface area (Å²) >= 11 is 11.2. The van der Waals surface area contributed by atoms with Crippen molar-refractivity contribution in [1.29, 1.82) is 0 Å². The number of pyridine rings is 1. The summed E-state index contributed by atoms with van der Waals surface area (Å²) in [7, 11) is -3.33. The highest BCUT2D eigenvalue weighted by Crippen LogP contribution is 2.39. The maximum atomic E-state index is 12.5. The van der Waals surface area contributed by atoms with Crippen molar-refractivity contribution in [2.24, 2.45) is 0 Å². The molecule has 0 aliphatic carbocycles. The molecular formula is C26H24ClNO2S2. The molecule has 0 aliphatic rings. The van der Waals surface area contributed by atoms with Gasteiger partial charge in [-0.15, -0.1) is 0 Å². The summed E-state index contributed by atoms with van der Waals surface area (Å²) in [6, 6.07) is 23.4. The van der Waals surface area contributed by atoms with Crippen molar-refractivity contribution in [3.8, 4) is 11.1 Å². The van der Waals surface area contributed by atoms with Crippen LogP contribution in [0.3, 0.4) is 0 Å². The highest BCUT2D eigenvalue weighted by atomic mass is 35.5. The summed E-state index contributed by atoms with van der Waals surface area (Å²) in [6.45, 7) is 3.47. The van der Waals surface area contributed by atoms with E-state index >= 15 is 0 Å². The number of aromatic nitrogens is 1. The number of nitrogens with zero attached hydrogens (tertiary/aromatic N) is 1. The maximum Gasteiger partial charge on any atom is 0.156 e. The Morgan fingerprint density at radius 2 is 1.72 bits per heavy atom. The summed E-state index contributed by atoms with van der Waals surface area (Å²) < 4.78 is 24.0. The van der Waals surface area contributed by atoms with E-state index in [1.807, 2.05) is 66.7 Å². The molecule has 0 aliphatic heterocycles. The Morgan fingerprint density at radius 1 is 0.969 bits per heavy atom. The molecule has 0 bridgehead atoms. The fourth-order valence-corrected chi connectivity index (χ4v) is 4.98. The van der Waals surface area contributed by atoms with Gasteiger partial charge < -0.3 is 0 Å². The van der Waals surface area contributed by atoms with Gasteiger partial charge in [-0.25, -0.2) is 8.42 Å². The van der Waals surface area contributed by atoms with Gasteiger partial charge in [0.2, 0.25) is 0 Å². The zero-order chi connectivity index (χ0) is 23.1. The molecule has 1 aromatic heterocycles. The van der Waals surface area contributed by atoms with Gasteiger partial charge in [-0.1, -0.05) is 54.1 Å². The van der Waals surface area contributed by atoms with Crippen molar-refractivity contribution in [1.82, 2.24) is 4.98 Å². The fourth-order valence-electron chi connectivity index (χ4n) is 3.73. The van der Waals surface area contributed by atoms with Crippen LogP contribution in [0.2, 0.25) is 5.02 Å². The first kappa shape index (κ1) is 22.8. The van der Waals surface area contributed by atoms with E-state index in [4.69, 9.17) is 24.2 Å². The molecule has 4 rings (SSSR count). The van der Waals surface area contributed by atoms with Crippen molar-refractivity contribution in [3.05, 3.63) is 101 Å². The van der Waals surface area contributed by atoms with Crippen molar-refractivity contribution in [2.75, 3.05) is 6.26 Å². The van der Waals surface area contributed by atoms with Crippen LogP contribution in [0.4, 0.5) is 0 Å². The zero-order valence-electron chi connectivity index (χ0n) is 18.1. The lowest BCUT2D eigenvalue weighted by molar-refractivity contribution is 0.561. The van der Waals surface area contributed by atoms with E-state index in [1.165, 1.54) is 6.26 Å². The van der Waals surface area contributed by atoms with Crippen LogP contribution in [-0.4, -0.2) is 19.7 Å². The largest absolute Gasteiger partial charge is 0.256 e. The van der Waals surface area contributed by atoms with E-state index in [0.29, 0.717) is 5.02 Å². The van der Waals surface area contributed by atoms with Gasteiger partial charge in [-0.05, 0) is 66.4 Å². The third kappa shape index (κ3) is 4.17. The highest BCUT2D eigenvalue weighted by molar-refractivity contribution is 7.91. The maximum absolute atomic E-state index is 12.5. The van der Waals surface area contributed by atoms with Gasteiger partial charge in [0.25, 0.3) is 0 Å². The van der Waals surface area contributed by atoms with E-state index in [9.17, 15) is 8.42 Å². The molecule has 32 heavy (non-hydrogen) atoms. The molecule has 164 valence electrons. The Balaban J connectivity index is 1.91. The van der Waals surface area contributed by atoms with E-state index in [2.05, 4.69) is 11.1 Å². The zero-order valence-corrected chi connectivity index (χ0v) is 20.5. The lowest BCUT2D eigenvalue weighted by Crippen LogP contribution is -2.28. The molecule has 1 atom stereocenters. The molecule has 0 saturated carbocycles. The first-order valence-corrected chi connectivity index (χ1v) is 13.0. The number of halogens is 1. The number of fused-ring (bicyclic) bond motifs is 1. The van der Waals surface area contributed by atoms with Gasteiger partial charge >= 0.3 is 0 Å². The predicted molar refractivity (Wildman–Crippen MR) is 137 cm³/mol. The number of thiol groups is 1. The molecule has 0 N–H and O–H groups in total. The fraction of sp³-hybridized carbons (Fsp3) is 0.192. The molecule has 0 amide bonds. The molecular weight excluding hydrogens is 458 g/mol. The number of hydrogen-bond acceptors (Lipinski definition) is 4. The van der Waals surface area contributed by atoms with Crippen LogP contribution in [0, 0.1) is 0 Å². The number of sulfone groups is 1. The summed E-state index contributed by atoms with van der Waals surface area (Å²) in [6.07, 6.45) is 3.03. The average Bonchev–Trinajstić information content (AvgIpc) is 2.77. The first-order valence-electron chi connectivity index (χ1n) is 10.2. The number of benzene rings is 3. The third-order valence-corrected chi connectivity index (χ3v) is 9.05. The van der Waals surface area contributed by atoms with Crippen LogP contribution < -0.4 is 0 Å². The Morgan fingerprint density at radius 3 is 2.44 bits per heavy atom. The minimum Gasteiger partial charge on any atom is -0.256 e. The molecule has 6 heteroatoms. The molecule has 0 radical (unpaired) electrons. The summed E-state index contributed by atoms with van der Waals surface area (Å²) in [5.41, 5.74) is 5.32. The lowest BCUT2D eigenvalue weighted by atomic mass is 9.92. The lowest BCUT2D eigenvalue weighted by Gasteiger charge is -2.24. The van der Waals surface area contributed by atoms with Crippen LogP contribution in [0.1, 0.15) is 35.8 Å². The summed E-state index contributed by atoms with van der Waals surface area (Å²) in [4.78, 5) is 4.60. The van der Waals surface area contributed by atoms with Gasteiger partial charge in [0.15, 0.2) is 9.84 Å². The van der Waals surface area contributed by atoms with Crippen LogP contribution in [0.25, 0.3) is 22.0 Å². The van der Waals surface area contributed by atoms with Gasteiger partial charge in [0, 0.05) is 28.4 Å². The van der Waals surface area contributed by atoms with Crippen LogP contribution in [0.5, 0.6) is 0 Å². The van der Waals surface area contributed by atoms with Crippen molar-refractivity contribution < 1.29 is 8.42 Å². The average molecular weight is 482 g/mol. The van der Waals surface area contributed by atoms with Crippen molar-refractivity contribution >= 4 is 45.0 Å². The topological polar surface area (TPSA) is 47.0 Å². The quantitative estimate of drug-likeness (QED) is 0.317. The normalized spacial score (nSPS) is 13.3. The van der Waals surface area contributed by atoms with Crippen LogP contribution in [-0.2, 0) is 14.6 Å².